The Balaban J connectivity index is 3.49. The van der Waals surface area contributed by atoms with Gasteiger partial charge >= 0.3 is 12.1 Å². The van der Waals surface area contributed by atoms with Crippen LogP contribution in [-0.2, 0) is 10.9 Å². The minimum absolute atomic E-state index is 0.0549. The van der Waals surface area contributed by atoms with Crippen LogP contribution in [0.5, 0.6) is 5.75 Å². The summed E-state index contributed by atoms with van der Waals surface area (Å²) in [6.45, 7) is 1.41. The van der Waals surface area contributed by atoms with E-state index in [1.165, 1.54) is 13.0 Å². The molecule has 0 atom stereocenters. The number of carbonyl (C=O) groups excluding carboxylic acids is 1. The fourth-order valence-corrected chi connectivity index (χ4v) is 1.34. The van der Waals surface area contributed by atoms with Gasteiger partial charge in [0.1, 0.15) is 11.8 Å². The molecule has 4 nitrogen and oxygen atoms in total. The van der Waals surface area contributed by atoms with Gasteiger partial charge in [0.2, 0.25) is 0 Å². The molecule has 0 spiro atoms. The number of benzene rings is 1. The van der Waals surface area contributed by atoms with Crippen molar-refractivity contribution in [3.8, 4) is 11.8 Å². The van der Waals surface area contributed by atoms with E-state index in [2.05, 4.69) is 4.74 Å². The van der Waals surface area contributed by atoms with E-state index in [4.69, 9.17) is 5.26 Å². The van der Waals surface area contributed by atoms with E-state index in [0.29, 0.717) is 6.07 Å². The molecule has 0 fully saturated rings. The van der Waals surface area contributed by atoms with Gasteiger partial charge in [-0.05, 0) is 19.1 Å². The SMILES string of the molecule is CCOC(=O)c1cc(O)cc(C(F)(F)F)c1C#N. The molecule has 1 aromatic rings. The van der Waals surface area contributed by atoms with Crippen molar-refractivity contribution in [1.29, 1.82) is 5.26 Å². The van der Waals surface area contributed by atoms with Gasteiger partial charge in [-0.2, -0.15) is 18.4 Å². The second kappa shape index (κ2) is 4.96. The highest BCUT2D eigenvalue weighted by atomic mass is 19.4. The first-order valence-electron chi connectivity index (χ1n) is 4.82. The molecule has 0 aliphatic carbocycles. The lowest BCUT2D eigenvalue weighted by Gasteiger charge is -2.12. The summed E-state index contributed by atoms with van der Waals surface area (Å²) in [7, 11) is 0. The summed E-state index contributed by atoms with van der Waals surface area (Å²) in [5.74, 6) is -1.85. The highest BCUT2D eigenvalue weighted by molar-refractivity contribution is 5.93. The van der Waals surface area contributed by atoms with Crippen LogP contribution < -0.4 is 0 Å². The topological polar surface area (TPSA) is 70.3 Å². The average Bonchev–Trinajstić information content (AvgIpc) is 2.27. The van der Waals surface area contributed by atoms with Gasteiger partial charge < -0.3 is 9.84 Å². The molecule has 7 heteroatoms. The van der Waals surface area contributed by atoms with Crippen molar-refractivity contribution in [2.24, 2.45) is 0 Å². The van der Waals surface area contributed by atoms with Gasteiger partial charge in [-0.3, -0.25) is 0 Å². The molecule has 0 saturated heterocycles. The second-order valence-electron chi connectivity index (χ2n) is 3.25. The Hall–Kier alpha value is -2.23. The molecule has 0 saturated carbocycles. The predicted octanol–water partition coefficient (Wildman–Crippen LogP) is 2.46. The predicted molar refractivity (Wildman–Crippen MR) is 53.8 cm³/mol. The van der Waals surface area contributed by atoms with Crippen molar-refractivity contribution in [2.45, 2.75) is 13.1 Å². The number of aromatic hydroxyl groups is 1. The fourth-order valence-electron chi connectivity index (χ4n) is 1.34. The number of halogens is 3. The number of alkyl halides is 3. The molecule has 1 N–H and O–H groups in total. The molecule has 0 unspecified atom stereocenters. The van der Waals surface area contributed by atoms with Gasteiger partial charge in [-0.15, -0.1) is 0 Å². The first kappa shape index (κ1) is 13.8. The lowest BCUT2D eigenvalue weighted by atomic mass is 10.0. The molecule has 0 bridgehead atoms. The molecule has 1 rings (SSSR count). The van der Waals surface area contributed by atoms with Gasteiger partial charge in [0.05, 0.1) is 23.3 Å². The Morgan fingerprint density at radius 1 is 1.50 bits per heavy atom. The van der Waals surface area contributed by atoms with Crippen LogP contribution in [-0.4, -0.2) is 17.7 Å². The van der Waals surface area contributed by atoms with Crippen molar-refractivity contribution in [3.05, 3.63) is 28.8 Å². The number of rotatable bonds is 2. The normalized spacial score (nSPS) is 10.8. The lowest BCUT2D eigenvalue weighted by Crippen LogP contribution is -2.14. The van der Waals surface area contributed by atoms with E-state index in [1.54, 1.807) is 0 Å². The number of hydrogen-bond acceptors (Lipinski definition) is 4. The molecule has 0 radical (unpaired) electrons. The number of ether oxygens (including phenoxy) is 1. The summed E-state index contributed by atoms with van der Waals surface area (Å²) in [4.78, 5) is 11.4. The van der Waals surface area contributed by atoms with E-state index < -0.39 is 34.6 Å². The number of esters is 1. The Morgan fingerprint density at radius 2 is 2.11 bits per heavy atom. The molecule has 0 aromatic heterocycles. The van der Waals surface area contributed by atoms with Crippen molar-refractivity contribution >= 4 is 5.97 Å². The molecule has 1 aromatic carbocycles. The van der Waals surface area contributed by atoms with Crippen LogP contribution in [0.25, 0.3) is 0 Å². The van der Waals surface area contributed by atoms with Crippen LogP contribution in [0.3, 0.4) is 0 Å². The van der Waals surface area contributed by atoms with Gasteiger partial charge in [0.15, 0.2) is 0 Å². The highest BCUT2D eigenvalue weighted by Gasteiger charge is 2.36. The zero-order valence-corrected chi connectivity index (χ0v) is 9.21. The standard InChI is InChI=1S/C11H8F3NO3/c1-2-18-10(17)7-3-6(16)4-9(8(7)5-15)11(12,13)14/h3-4,16H,2H2,1H3. The lowest BCUT2D eigenvalue weighted by molar-refractivity contribution is -0.137. The third-order valence-corrected chi connectivity index (χ3v) is 2.04. The summed E-state index contributed by atoms with van der Waals surface area (Å²) < 4.78 is 42.4. The Kier molecular flexibility index (Phi) is 3.81. The Labute approximate surface area is 100 Å². The second-order valence-corrected chi connectivity index (χ2v) is 3.25. The average molecular weight is 259 g/mol. The maximum atomic E-state index is 12.6. The largest absolute Gasteiger partial charge is 0.508 e. The summed E-state index contributed by atoms with van der Waals surface area (Å²) >= 11 is 0. The van der Waals surface area contributed by atoms with Crippen molar-refractivity contribution in [1.82, 2.24) is 0 Å². The van der Waals surface area contributed by atoms with Crippen LogP contribution in [0.4, 0.5) is 13.2 Å². The molecule has 18 heavy (non-hydrogen) atoms. The number of nitrogens with zero attached hydrogens (tertiary/aromatic N) is 1. The van der Waals surface area contributed by atoms with Crippen LogP contribution in [0.1, 0.15) is 28.4 Å². The quantitative estimate of drug-likeness (QED) is 0.828. The van der Waals surface area contributed by atoms with Crippen molar-refractivity contribution < 1.29 is 27.8 Å². The van der Waals surface area contributed by atoms with Crippen LogP contribution in [0, 0.1) is 11.3 Å². The van der Waals surface area contributed by atoms with Gasteiger partial charge in [0.25, 0.3) is 0 Å². The number of nitriles is 1. The van der Waals surface area contributed by atoms with E-state index in [1.807, 2.05) is 0 Å². The zero-order chi connectivity index (χ0) is 13.9. The highest BCUT2D eigenvalue weighted by Crippen LogP contribution is 2.35. The summed E-state index contributed by atoms with van der Waals surface area (Å²) in [6.07, 6.45) is -4.84. The number of phenolic OH excluding ortho intramolecular Hbond substituents is 1. The van der Waals surface area contributed by atoms with E-state index >= 15 is 0 Å². The molecule has 0 heterocycles. The van der Waals surface area contributed by atoms with Crippen molar-refractivity contribution in [2.75, 3.05) is 6.61 Å². The molecule has 0 aliphatic rings. The molecule has 0 aliphatic heterocycles. The van der Waals surface area contributed by atoms with Crippen LogP contribution >= 0.6 is 0 Å². The number of phenols is 1. The zero-order valence-electron chi connectivity index (χ0n) is 9.21. The maximum Gasteiger partial charge on any atom is 0.417 e. The summed E-state index contributed by atoms with van der Waals surface area (Å²) in [5, 5.41) is 17.9. The van der Waals surface area contributed by atoms with Gasteiger partial charge in [0, 0.05) is 0 Å². The van der Waals surface area contributed by atoms with Gasteiger partial charge in [-0.1, -0.05) is 0 Å². The first-order chi connectivity index (χ1) is 8.31. The smallest absolute Gasteiger partial charge is 0.417 e. The minimum Gasteiger partial charge on any atom is -0.508 e. The summed E-state index contributed by atoms with van der Waals surface area (Å²) in [5.41, 5.74) is -2.83. The van der Waals surface area contributed by atoms with E-state index in [9.17, 15) is 23.1 Å². The summed E-state index contributed by atoms with van der Waals surface area (Å²) in [6, 6.07) is 2.47. The Bertz CT molecular complexity index is 517. The molecular formula is C11H8F3NO3. The number of carbonyl (C=O) groups is 1. The fraction of sp³-hybridized carbons (Fsp3) is 0.273. The van der Waals surface area contributed by atoms with Crippen LogP contribution in [0.15, 0.2) is 12.1 Å². The van der Waals surface area contributed by atoms with Crippen molar-refractivity contribution in [3.63, 3.8) is 0 Å². The van der Waals surface area contributed by atoms with Crippen LogP contribution in [0.2, 0.25) is 0 Å². The first-order valence-corrected chi connectivity index (χ1v) is 4.82. The van der Waals surface area contributed by atoms with E-state index in [-0.39, 0.29) is 6.61 Å². The number of hydrogen-bond donors (Lipinski definition) is 1. The Morgan fingerprint density at radius 3 is 2.56 bits per heavy atom. The maximum absolute atomic E-state index is 12.6. The van der Waals surface area contributed by atoms with E-state index in [0.717, 1.165) is 6.07 Å². The third kappa shape index (κ3) is 2.71. The third-order valence-electron chi connectivity index (χ3n) is 2.04. The molecule has 0 amide bonds. The molecular weight excluding hydrogens is 251 g/mol. The van der Waals surface area contributed by atoms with Gasteiger partial charge in [-0.25, -0.2) is 4.79 Å². The monoisotopic (exact) mass is 259 g/mol. The molecule has 96 valence electrons. The minimum atomic E-state index is -4.84.